The maximum atomic E-state index is 13.0. The lowest BCUT2D eigenvalue weighted by Gasteiger charge is -2.27. The molecule has 3 aromatic rings. The lowest BCUT2D eigenvalue weighted by Crippen LogP contribution is -2.29. The highest BCUT2D eigenvalue weighted by Crippen LogP contribution is 2.40. The highest BCUT2D eigenvalue weighted by molar-refractivity contribution is 6.04. The van der Waals surface area contributed by atoms with Crippen molar-refractivity contribution in [2.24, 2.45) is 0 Å². The van der Waals surface area contributed by atoms with Crippen molar-refractivity contribution >= 4 is 11.7 Å². The fourth-order valence-corrected chi connectivity index (χ4v) is 4.11. The standard InChI is InChI=1S/C23H18N2O4/c26-18-12-14(13-5-2-1-3-6-13)11-17-20(18)22(27)21-15(23(28)25-17)8-9-16(24-21)19-7-4-10-29-19/h1-10,14,22,27H,11-12H2,(H,25,28). The summed E-state index contributed by atoms with van der Waals surface area (Å²) in [6.45, 7) is 0. The number of amides is 1. The maximum Gasteiger partial charge on any atom is 0.257 e. The van der Waals surface area contributed by atoms with Crippen LogP contribution in [0.25, 0.3) is 11.5 Å². The largest absolute Gasteiger partial charge is 0.463 e. The third-order valence-electron chi connectivity index (χ3n) is 5.52. The first-order chi connectivity index (χ1) is 14.1. The van der Waals surface area contributed by atoms with Gasteiger partial charge in [-0.2, -0.15) is 0 Å². The Balaban J connectivity index is 1.57. The molecule has 0 saturated heterocycles. The molecule has 29 heavy (non-hydrogen) atoms. The number of ketones is 1. The van der Waals surface area contributed by atoms with E-state index >= 15 is 0 Å². The van der Waals surface area contributed by atoms with Crippen LogP contribution in [0.2, 0.25) is 0 Å². The minimum Gasteiger partial charge on any atom is -0.463 e. The number of allylic oxidation sites excluding steroid dienone is 1. The third kappa shape index (κ3) is 2.98. The zero-order chi connectivity index (χ0) is 20.0. The van der Waals surface area contributed by atoms with Gasteiger partial charge in [0.25, 0.3) is 5.91 Å². The number of aromatic nitrogens is 1. The number of benzene rings is 1. The van der Waals surface area contributed by atoms with Crippen LogP contribution in [0.1, 0.15) is 46.5 Å². The van der Waals surface area contributed by atoms with E-state index in [1.165, 1.54) is 6.26 Å². The topological polar surface area (TPSA) is 92.4 Å². The fourth-order valence-electron chi connectivity index (χ4n) is 4.11. The first-order valence-corrected chi connectivity index (χ1v) is 9.47. The van der Waals surface area contributed by atoms with E-state index in [0.717, 1.165) is 5.56 Å². The number of nitrogens with zero attached hydrogens (tertiary/aromatic N) is 1. The van der Waals surface area contributed by atoms with Gasteiger partial charge in [0.1, 0.15) is 11.8 Å². The van der Waals surface area contributed by atoms with Crippen LogP contribution in [0.3, 0.4) is 0 Å². The lowest BCUT2D eigenvalue weighted by atomic mass is 9.80. The predicted octanol–water partition coefficient (Wildman–Crippen LogP) is 3.52. The Kier molecular flexibility index (Phi) is 4.14. The molecule has 2 aliphatic rings. The summed E-state index contributed by atoms with van der Waals surface area (Å²) in [5, 5.41) is 13.9. The smallest absolute Gasteiger partial charge is 0.257 e. The molecule has 0 saturated carbocycles. The van der Waals surface area contributed by atoms with E-state index in [9.17, 15) is 14.7 Å². The van der Waals surface area contributed by atoms with E-state index in [1.54, 1.807) is 24.3 Å². The molecule has 144 valence electrons. The molecule has 1 amide bonds. The van der Waals surface area contributed by atoms with Crippen molar-refractivity contribution < 1.29 is 19.1 Å². The molecule has 6 nitrogen and oxygen atoms in total. The molecule has 1 aromatic carbocycles. The van der Waals surface area contributed by atoms with Crippen LogP contribution in [-0.2, 0) is 4.79 Å². The maximum absolute atomic E-state index is 13.0. The number of Topliss-reactive ketones (excluding diaryl/α,β-unsaturated/α-hetero) is 1. The molecular weight excluding hydrogens is 368 g/mol. The van der Waals surface area contributed by atoms with E-state index in [4.69, 9.17) is 4.42 Å². The van der Waals surface area contributed by atoms with Crippen molar-refractivity contribution in [2.75, 3.05) is 0 Å². The monoisotopic (exact) mass is 386 g/mol. The third-order valence-corrected chi connectivity index (χ3v) is 5.52. The van der Waals surface area contributed by atoms with Gasteiger partial charge in [-0.05, 0) is 42.2 Å². The number of aliphatic hydroxyl groups excluding tert-OH is 1. The normalized spacial score (nSPS) is 21.3. The van der Waals surface area contributed by atoms with Gasteiger partial charge in [-0.25, -0.2) is 4.98 Å². The number of aliphatic hydroxyl groups is 1. The summed E-state index contributed by atoms with van der Waals surface area (Å²) >= 11 is 0. The number of fused-ring (bicyclic) bond motifs is 1. The Morgan fingerprint density at radius 3 is 2.59 bits per heavy atom. The van der Waals surface area contributed by atoms with Crippen LogP contribution in [0.5, 0.6) is 0 Å². The highest BCUT2D eigenvalue weighted by atomic mass is 16.3. The van der Waals surface area contributed by atoms with E-state index in [0.29, 0.717) is 23.6 Å². The number of pyridine rings is 1. The van der Waals surface area contributed by atoms with Gasteiger partial charge >= 0.3 is 0 Å². The summed E-state index contributed by atoms with van der Waals surface area (Å²) < 4.78 is 5.37. The van der Waals surface area contributed by atoms with Crippen molar-refractivity contribution in [3.63, 3.8) is 0 Å². The van der Waals surface area contributed by atoms with Crippen LogP contribution in [0.4, 0.5) is 0 Å². The summed E-state index contributed by atoms with van der Waals surface area (Å²) in [6, 6.07) is 16.5. The molecule has 6 heteroatoms. The molecule has 2 aromatic heterocycles. The number of rotatable bonds is 2. The van der Waals surface area contributed by atoms with Crippen molar-refractivity contribution in [3.05, 3.63) is 89.0 Å². The van der Waals surface area contributed by atoms with Gasteiger partial charge in [-0.1, -0.05) is 30.3 Å². The SMILES string of the molecule is O=C1CC(c2ccccc2)CC2=C1C(O)c1nc(-c3ccco3)ccc1C(=O)N2. The lowest BCUT2D eigenvalue weighted by molar-refractivity contribution is -0.117. The Hall–Kier alpha value is -3.51. The van der Waals surface area contributed by atoms with Crippen molar-refractivity contribution in [1.29, 1.82) is 0 Å². The molecule has 2 N–H and O–H groups in total. The summed E-state index contributed by atoms with van der Waals surface area (Å²) in [7, 11) is 0. The molecular formula is C23H18N2O4. The van der Waals surface area contributed by atoms with Crippen LogP contribution in [0.15, 0.2) is 76.5 Å². The van der Waals surface area contributed by atoms with Gasteiger partial charge in [-0.15, -0.1) is 0 Å². The minimum absolute atomic E-state index is 0.0391. The second kappa shape index (κ2) is 6.83. The second-order valence-corrected chi connectivity index (χ2v) is 7.29. The van der Waals surface area contributed by atoms with Crippen LogP contribution in [0, 0.1) is 0 Å². The van der Waals surface area contributed by atoms with Gasteiger partial charge in [-0.3, -0.25) is 9.59 Å². The summed E-state index contributed by atoms with van der Waals surface area (Å²) in [6.07, 6.45) is 1.02. The molecule has 0 fully saturated rings. The second-order valence-electron chi connectivity index (χ2n) is 7.29. The number of carbonyl (C=O) groups excluding carboxylic acids is 2. The summed E-state index contributed by atoms with van der Waals surface area (Å²) in [5.41, 5.74) is 2.67. The molecule has 0 bridgehead atoms. The van der Waals surface area contributed by atoms with Gasteiger partial charge < -0.3 is 14.8 Å². The van der Waals surface area contributed by atoms with Crippen LogP contribution >= 0.6 is 0 Å². The fraction of sp³-hybridized carbons (Fsp3) is 0.174. The molecule has 1 aliphatic heterocycles. The molecule has 2 atom stereocenters. The average molecular weight is 386 g/mol. The predicted molar refractivity (Wildman–Crippen MR) is 105 cm³/mol. The average Bonchev–Trinajstić information content (AvgIpc) is 3.25. The van der Waals surface area contributed by atoms with E-state index < -0.39 is 6.10 Å². The quantitative estimate of drug-likeness (QED) is 0.703. The summed E-state index contributed by atoms with van der Waals surface area (Å²) in [5.74, 6) is -0.0595. The first-order valence-electron chi connectivity index (χ1n) is 9.47. The molecule has 0 radical (unpaired) electrons. The minimum atomic E-state index is -1.27. The van der Waals surface area contributed by atoms with Crippen molar-refractivity contribution in [3.8, 4) is 11.5 Å². The van der Waals surface area contributed by atoms with Crippen molar-refractivity contribution in [1.82, 2.24) is 10.3 Å². The number of nitrogens with one attached hydrogen (secondary N) is 1. The highest BCUT2D eigenvalue weighted by Gasteiger charge is 2.38. The zero-order valence-corrected chi connectivity index (χ0v) is 15.5. The zero-order valence-electron chi connectivity index (χ0n) is 15.5. The summed E-state index contributed by atoms with van der Waals surface area (Å²) in [4.78, 5) is 30.3. The van der Waals surface area contributed by atoms with E-state index in [-0.39, 0.29) is 40.9 Å². The number of furan rings is 1. The van der Waals surface area contributed by atoms with Gasteiger partial charge in [0.05, 0.1) is 17.5 Å². The molecule has 2 unspecified atom stereocenters. The van der Waals surface area contributed by atoms with Gasteiger partial charge in [0, 0.05) is 17.7 Å². The number of hydrogen-bond donors (Lipinski definition) is 2. The Morgan fingerprint density at radius 2 is 1.83 bits per heavy atom. The molecule has 5 rings (SSSR count). The van der Waals surface area contributed by atoms with Gasteiger partial charge in [0.2, 0.25) is 0 Å². The molecule has 3 heterocycles. The first kappa shape index (κ1) is 17.6. The number of hydrogen-bond acceptors (Lipinski definition) is 5. The van der Waals surface area contributed by atoms with Crippen molar-refractivity contribution in [2.45, 2.75) is 24.9 Å². The molecule has 1 aliphatic carbocycles. The Bertz CT molecular complexity index is 1130. The van der Waals surface area contributed by atoms with Crippen LogP contribution < -0.4 is 5.32 Å². The van der Waals surface area contributed by atoms with E-state index in [1.807, 2.05) is 30.3 Å². The van der Waals surface area contributed by atoms with E-state index in [2.05, 4.69) is 10.3 Å². The van der Waals surface area contributed by atoms with Gasteiger partial charge in [0.15, 0.2) is 11.5 Å². The molecule has 0 spiro atoms. The number of carbonyl (C=O) groups is 2. The van der Waals surface area contributed by atoms with Crippen LogP contribution in [-0.4, -0.2) is 21.8 Å². The Labute approximate surface area is 166 Å². The Morgan fingerprint density at radius 1 is 1.00 bits per heavy atom.